The van der Waals surface area contributed by atoms with Crippen LogP contribution in [0.5, 0.6) is 0 Å². The Kier molecular flexibility index (Phi) is 2.35. The van der Waals surface area contributed by atoms with Crippen molar-refractivity contribution in [1.82, 2.24) is 0 Å². The van der Waals surface area contributed by atoms with Crippen molar-refractivity contribution in [2.24, 2.45) is 23.2 Å². The number of aliphatic hydroxyl groups excluding tert-OH is 1. The van der Waals surface area contributed by atoms with Crippen molar-refractivity contribution in [3.8, 4) is 0 Å². The molecule has 0 unspecified atom stereocenters. The molecule has 0 spiro atoms. The molecule has 1 heterocycles. The van der Waals surface area contributed by atoms with Crippen LogP contribution in [0.15, 0.2) is 12.2 Å². The lowest BCUT2D eigenvalue weighted by molar-refractivity contribution is -0.157. The lowest BCUT2D eigenvalue weighted by Gasteiger charge is -2.31. The summed E-state index contributed by atoms with van der Waals surface area (Å²) in [4.78, 5) is 12.2. The number of rotatable bonds is 1. The monoisotopic (exact) mass is 238 g/mol. The molecule has 3 rings (SSSR count). The van der Waals surface area contributed by atoms with Crippen LogP contribution in [0.25, 0.3) is 0 Å². The summed E-state index contributed by atoms with van der Waals surface area (Å²) in [5.41, 5.74) is 0.647. The standard InChI is InChI=1S/C13H18O4/c1-7-3-8-4-9-10(6-17-11(9)14)13(8,5-7)12(15)16-2/h8-11,14H,1,3-6H2,2H3/t8-,9+,10+,11+,13+/m1/s1. The maximum atomic E-state index is 12.2. The third-order valence-electron chi connectivity index (χ3n) is 4.92. The van der Waals surface area contributed by atoms with Crippen molar-refractivity contribution in [2.75, 3.05) is 13.7 Å². The quantitative estimate of drug-likeness (QED) is 0.549. The first-order valence-electron chi connectivity index (χ1n) is 6.14. The number of hydrogen-bond acceptors (Lipinski definition) is 4. The highest BCUT2D eigenvalue weighted by atomic mass is 16.6. The molecule has 94 valence electrons. The summed E-state index contributed by atoms with van der Waals surface area (Å²) in [5.74, 6) is 0.309. The van der Waals surface area contributed by atoms with E-state index in [-0.39, 0.29) is 23.7 Å². The first kappa shape index (κ1) is 11.2. The fourth-order valence-electron chi connectivity index (χ4n) is 4.26. The highest BCUT2D eigenvalue weighted by molar-refractivity contribution is 5.79. The van der Waals surface area contributed by atoms with Gasteiger partial charge in [-0.15, -0.1) is 0 Å². The summed E-state index contributed by atoms with van der Waals surface area (Å²) in [6.07, 6.45) is 1.72. The molecule has 1 aliphatic heterocycles. The fraction of sp³-hybridized carbons (Fsp3) is 0.769. The zero-order chi connectivity index (χ0) is 12.2. The maximum absolute atomic E-state index is 12.2. The predicted molar refractivity (Wildman–Crippen MR) is 59.9 cm³/mol. The van der Waals surface area contributed by atoms with E-state index >= 15 is 0 Å². The smallest absolute Gasteiger partial charge is 0.312 e. The van der Waals surface area contributed by atoms with E-state index in [1.165, 1.54) is 7.11 Å². The van der Waals surface area contributed by atoms with E-state index in [0.29, 0.717) is 13.0 Å². The van der Waals surface area contributed by atoms with Gasteiger partial charge in [-0.2, -0.15) is 0 Å². The van der Waals surface area contributed by atoms with E-state index in [2.05, 4.69) is 6.58 Å². The van der Waals surface area contributed by atoms with Gasteiger partial charge in [0.2, 0.25) is 0 Å². The van der Waals surface area contributed by atoms with Crippen LogP contribution in [-0.4, -0.2) is 31.1 Å². The molecule has 4 heteroatoms. The van der Waals surface area contributed by atoms with Crippen LogP contribution in [0.4, 0.5) is 0 Å². The van der Waals surface area contributed by atoms with E-state index in [4.69, 9.17) is 9.47 Å². The Morgan fingerprint density at radius 3 is 3.12 bits per heavy atom. The molecule has 17 heavy (non-hydrogen) atoms. The summed E-state index contributed by atoms with van der Waals surface area (Å²) >= 11 is 0. The van der Waals surface area contributed by atoms with Gasteiger partial charge in [0.05, 0.1) is 19.1 Å². The van der Waals surface area contributed by atoms with Gasteiger partial charge in [-0.1, -0.05) is 12.2 Å². The van der Waals surface area contributed by atoms with Crippen LogP contribution in [0, 0.1) is 23.2 Å². The largest absolute Gasteiger partial charge is 0.469 e. The number of methoxy groups -OCH3 is 1. The average Bonchev–Trinajstić information content (AvgIpc) is 2.88. The van der Waals surface area contributed by atoms with E-state index in [0.717, 1.165) is 18.4 Å². The normalized spacial score (nSPS) is 48.0. The second kappa shape index (κ2) is 3.56. The molecule has 2 saturated carbocycles. The lowest BCUT2D eigenvalue weighted by atomic mass is 9.73. The fourth-order valence-corrected chi connectivity index (χ4v) is 4.26. The first-order chi connectivity index (χ1) is 8.09. The van der Waals surface area contributed by atoms with Gasteiger partial charge < -0.3 is 14.6 Å². The SMILES string of the molecule is C=C1C[C@@H]2C[C@@H]3[C@@H](O)OC[C@@H]3[C@]2(C(=O)OC)C1. The number of ether oxygens (including phenoxy) is 2. The summed E-state index contributed by atoms with van der Waals surface area (Å²) in [6.45, 7) is 4.48. The summed E-state index contributed by atoms with van der Waals surface area (Å²) in [7, 11) is 1.44. The van der Waals surface area contributed by atoms with Crippen molar-refractivity contribution in [3.63, 3.8) is 0 Å². The molecule has 2 aliphatic carbocycles. The number of fused-ring (bicyclic) bond motifs is 3. The molecule has 4 nitrogen and oxygen atoms in total. The van der Waals surface area contributed by atoms with Crippen molar-refractivity contribution in [1.29, 1.82) is 0 Å². The van der Waals surface area contributed by atoms with Crippen LogP contribution in [0.3, 0.4) is 0 Å². The van der Waals surface area contributed by atoms with Crippen molar-refractivity contribution in [2.45, 2.75) is 25.6 Å². The molecular weight excluding hydrogens is 220 g/mol. The molecule has 0 aromatic carbocycles. The number of esters is 1. The van der Waals surface area contributed by atoms with E-state index in [1.54, 1.807) is 0 Å². The number of aliphatic hydroxyl groups is 1. The molecule has 0 aromatic heterocycles. The Hall–Kier alpha value is -0.870. The second-order valence-electron chi connectivity index (χ2n) is 5.59. The lowest BCUT2D eigenvalue weighted by Crippen LogP contribution is -2.39. The number of carbonyl (C=O) groups excluding carboxylic acids is 1. The zero-order valence-corrected chi connectivity index (χ0v) is 10.0. The summed E-state index contributed by atoms with van der Waals surface area (Å²) in [6, 6.07) is 0. The molecule has 0 amide bonds. The van der Waals surface area contributed by atoms with Gasteiger partial charge in [-0.3, -0.25) is 4.79 Å². The van der Waals surface area contributed by atoms with Crippen molar-refractivity contribution < 1.29 is 19.4 Å². The van der Waals surface area contributed by atoms with Crippen LogP contribution in [-0.2, 0) is 14.3 Å². The van der Waals surface area contributed by atoms with E-state index in [1.807, 2.05) is 0 Å². The van der Waals surface area contributed by atoms with Gasteiger partial charge in [-0.05, 0) is 25.2 Å². The summed E-state index contributed by atoms with van der Waals surface area (Å²) < 4.78 is 10.3. The van der Waals surface area contributed by atoms with Gasteiger partial charge in [0.1, 0.15) is 0 Å². The maximum Gasteiger partial charge on any atom is 0.312 e. The molecular formula is C13H18O4. The van der Waals surface area contributed by atoms with Gasteiger partial charge in [0, 0.05) is 11.8 Å². The Morgan fingerprint density at radius 1 is 1.65 bits per heavy atom. The minimum absolute atomic E-state index is 0.0900. The number of allylic oxidation sites excluding steroid dienone is 1. The molecule has 3 fully saturated rings. The molecule has 1 saturated heterocycles. The van der Waals surface area contributed by atoms with Gasteiger partial charge in [0.25, 0.3) is 0 Å². The van der Waals surface area contributed by atoms with E-state index in [9.17, 15) is 9.90 Å². The third kappa shape index (κ3) is 1.28. The van der Waals surface area contributed by atoms with Crippen molar-refractivity contribution >= 4 is 5.97 Å². The minimum atomic E-state index is -0.708. The molecule has 0 bridgehead atoms. The van der Waals surface area contributed by atoms with Crippen LogP contribution in [0.1, 0.15) is 19.3 Å². The van der Waals surface area contributed by atoms with Gasteiger partial charge in [-0.25, -0.2) is 0 Å². The molecule has 3 aliphatic rings. The van der Waals surface area contributed by atoms with E-state index < -0.39 is 11.7 Å². The average molecular weight is 238 g/mol. The molecule has 0 aromatic rings. The third-order valence-corrected chi connectivity index (χ3v) is 4.92. The number of hydrogen-bond donors (Lipinski definition) is 1. The van der Waals surface area contributed by atoms with Gasteiger partial charge in [0.15, 0.2) is 6.29 Å². The molecule has 1 N–H and O–H groups in total. The highest BCUT2D eigenvalue weighted by Crippen LogP contribution is 2.63. The van der Waals surface area contributed by atoms with Crippen LogP contribution >= 0.6 is 0 Å². The zero-order valence-electron chi connectivity index (χ0n) is 10.0. The van der Waals surface area contributed by atoms with Crippen molar-refractivity contribution in [3.05, 3.63) is 12.2 Å². The minimum Gasteiger partial charge on any atom is -0.469 e. The van der Waals surface area contributed by atoms with Crippen LogP contribution in [0.2, 0.25) is 0 Å². The Balaban J connectivity index is 2.00. The molecule has 0 radical (unpaired) electrons. The number of carbonyl (C=O) groups is 1. The Bertz CT molecular complexity index is 378. The first-order valence-corrected chi connectivity index (χ1v) is 6.14. The van der Waals surface area contributed by atoms with Gasteiger partial charge >= 0.3 is 5.97 Å². The highest BCUT2D eigenvalue weighted by Gasteiger charge is 2.66. The second-order valence-corrected chi connectivity index (χ2v) is 5.59. The summed E-state index contributed by atoms with van der Waals surface area (Å²) in [5, 5.41) is 9.79. The Labute approximate surface area is 101 Å². The predicted octanol–water partition coefficient (Wildman–Crippen LogP) is 1.10. The topological polar surface area (TPSA) is 55.8 Å². The Morgan fingerprint density at radius 2 is 2.41 bits per heavy atom. The van der Waals surface area contributed by atoms with Crippen LogP contribution < -0.4 is 0 Å². The molecule has 5 atom stereocenters.